The second-order valence-electron chi connectivity index (χ2n) is 7.21. The third kappa shape index (κ3) is 1.66. The van der Waals surface area contributed by atoms with E-state index in [4.69, 9.17) is 9.47 Å². The minimum atomic E-state index is -0.619. The molecule has 3 aliphatic rings. The second kappa shape index (κ2) is 4.47. The van der Waals surface area contributed by atoms with Crippen LogP contribution >= 0.6 is 0 Å². The molecule has 1 saturated heterocycles. The molecule has 3 rings (SSSR count). The van der Waals surface area contributed by atoms with Crippen LogP contribution in [0.5, 0.6) is 0 Å². The number of hydrogen-bond donors (Lipinski definition) is 0. The van der Waals surface area contributed by atoms with Gasteiger partial charge in [0.25, 0.3) is 0 Å². The summed E-state index contributed by atoms with van der Waals surface area (Å²) in [5.74, 6) is 0.577. The Hall–Kier alpha value is -1.06. The summed E-state index contributed by atoms with van der Waals surface area (Å²) in [4.78, 5) is 24.6. The zero-order chi connectivity index (χ0) is 14.7. The standard InChI is InChI=1S/C16H24O4/c1-5-9-10-6-11-12(9)14(17)20-16(11,4)13(10)15(18)19-7-8(2)3/h8-13H,5-7H2,1-4H3. The third-order valence-electron chi connectivity index (χ3n) is 5.63. The highest BCUT2D eigenvalue weighted by Gasteiger charge is 2.73. The van der Waals surface area contributed by atoms with Crippen LogP contribution in [0.25, 0.3) is 0 Å². The first-order valence-electron chi connectivity index (χ1n) is 7.79. The highest BCUT2D eigenvalue weighted by Crippen LogP contribution is 2.66. The topological polar surface area (TPSA) is 52.6 Å². The van der Waals surface area contributed by atoms with E-state index in [-0.39, 0.29) is 35.6 Å². The van der Waals surface area contributed by atoms with Crippen molar-refractivity contribution >= 4 is 11.9 Å². The molecule has 2 bridgehead atoms. The molecule has 0 aromatic carbocycles. The van der Waals surface area contributed by atoms with Crippen LogP contribution in [-0.4, -0.2) is 24.1 Å². The van der Waals surface area contributed by atoms with Gasteiger partial charge in [0.2, 0.25) is 0 Å². The quantitative estimate of drug-likeness (QED) is 0.742. The number of carbonyl (C=O) groups excluding carboxylic acids is 2. The van der Waals surface area contributed by atoms with Crippen molar-refractivity contribution in [1.82, 2.24) is 0 Å². The molecule has 6 unspecified atom stereocenters. The van der Waals surface area contributed by atoms with Gasteiger partial charge < -0.3 is 9.47 Å². The maximum atomic E-state index is 12.5. The van der Waals surface area contributed by atoms with E-state index in [1.54, 1.807) is 0 Å². The van der Waals surface area contributed by atoms with E-state index in [1.165, 1.54) is 0 Å². The molecule has 1 heterocycles. The van der Waals surface area contributed by atoms with Crippen LogP contribution in [0.1, 0.15) is 40.5 Å². The normalized spacial score (nSPS) is 45.0. The van der Waals surface area contributed by atoms with E-state index in [1.807, 2.05) is 20.8 Å². The lowest BCUT2D eigenvalue weighted by Gasteiger charge is -2.36. The van der Waals surface area contributed by atoms with Gasteiger partial charge in [-0.2, -0.15) is 0 Å². The van der Waals surface area contributed by atoms with Crippen LogP contribution in [0.15, 0.2) is 0 Å². The lowest BCUT2D eigenvalue weighted by Crippen LogP contribution is -2.47. The fourth-order valence-corrected chi connectivity index (χ4v) is 4.88. The Labute approximate surface area is 120 Å². The number of fused-ring (bicyclic) bond motifs is 1. The van der Waals surface area contributed by atoms with Gasteiger partial charge in [0, 0.05) is 5.92 Å². The molecule has 0 amide bonds. The Kier molecular flexibility index (Phi) is 3.11. The molecular weight excluding hydrogens is 256 g/mol. The van der Waals surface area contributed by atoms with Crippen LogP contribution in [0.4, 0.5) is 0 Å². The molecule has 0 aromatic heterocycles. The van der Waals surface area contributed by atoms with Gasteiger partial charge in [0.05, 0.1) is 18.4 Å². The summed E-state index contributed by atoms with van der Waals surface area (Å²) in [6.45, 7) is 8.52. The molecule has 1 aliphatic heterocycles. The SMILES string of the molecule is CCC1C2CC3C1C(=O)OC3(C)C2C(=O)OCC(C)C. The van der Waals surface area contributed by atoms with Crippen molar-refractivity contribution in [3.8, 4) is 0 Å². The molecule has 0 N–H and O–H groups in total. The van der Waals surface area contributed by atoms with Crippen molar-refractivity contribution in [1.29, 1.82) is 0 Å². The average Bonchev–Trinajstić information content (AvgIpc) is 2.92. The molecule has 112 valence electrons. The third-order valence-corrected chi connectivity index (χ3v) is 5.63. The zero-order valence-corrected chi connectivity index (χ0v) is 12.7. The Balaban J connectivity index is 1.85. The molecule has 20 heavy (non-hydrogen) atoms. The zero-order valence-electron chi connectivity index (χ0n) is 12.7. The molecule has 0 aromatic rings. The van der Waals surface area contributed by atoms with Crippen molar-refractivity contribution in [2.45, 2.75) is 46.1 Å². The predicted octanol–water partition coefficient (Wildman–Crippen LogP) is 2.41. The van der Waals surface area contributed by atoms with Gasteiger partial charge in [-0.25, -0.2) is 0 Å². The highest BCUT2D eigenvalue weighted by molar-refractivity contribution is 5.83. The smallest absolute Gasteiger partial charge is 0.313 e. The first-order chi connectivity index (χ1) is 9.40. The summed E-state index contributed by atoms with van der Waals surface area (Å²) >= 11 is 0. The molecule has 4 heteroatoms. The summed E-state index contributed by atoms with van der Waals surface area (Å²) in [5, 5.41) is 0. The Bertz CT molecular complexity index is 444. The van der Waals surface area contributed by atoms with E-state index in [9.17, 15) is 9.59 Å². The number of rotatable bonds is 4. The second-order valence-corrected chi connectivity index (χ2v) is 7.21. The molecule has 4 nitrogen and oxygen atoms in total. The van der Waals surface area contributed by atoms with Crippen molar-refractivity contribution in [3.63, 3.8) is 0 Å². The number of esters is 2. The van der Waals surface area contributed by atoms with Gasteiger partial charge >= 0.3 is 11.9 Å². The van der Waals surface area contributed by atoms with Gasteiger partial charge in [-0.1, -0.05) is 27.2 Å². The minimum absolute atomic E-state index is 0.0177. The maximum Gasteiger partial charge on any atom is 0.313 e. The Morgan fingerprint density at radius 1 is 1.50 bits per heavy atom. The van der Waals surface area contributed by atoms with Crippen LogP contribution in [0, 0.1) is 35.5 Å². The number of hydrogen-bond acceptors (Lipinski definition) is 4. The van der Waals surface area contributed by atoms with E-state index in [0.717, 1.165) is 12.8 Å². The van der Waals surface area contributed by atoms with Gasteiger partial charge in [0.1, 0.15) is 5.60 Å². The highest BCUT2D eigenvalue weighted by atomic mass is 16.6. The van der Waals surface area contributed by atoms with Crippen molar-refractivity contribution < 1.29 is 19.1 Å². The van der Waals surface area contributed by atoms with Gasteiger partial charge in [-0.15, -0.1) is 0 Å². The summed E-state index contributed by atoms with van der Waals surface area (Å²) in [6.07, 6.45) is 1.87. The summed E-state index contributed by atoms with van der Waals surface area (Å²) in [5.41, 5.74) is -0.619. The van der Waals surface area contributed by atoms with E-state index < -0.39 is 5.60 Å². The fourth-order valence-electron chi connectivity index (χ4n) is 4.88. The van der Waals surface area contributed by atoms with Crippen LogP contribution in [0.2, 0.25) is 0 Å². The van der Waals surface area contributed by atoms with E-state index >= 15 is 0 Å². The van der Waals surface area contributed by atoms with Gasteiger partial charge in [-0.3, -0.25) is 9.59 Å². The molecule has 0 spiro atoms. The van der Waals surface area contributed by atoms with Gasteiger partial charge in [0.15, 0.2) is 0 Å². The average molecular weight is 280 g/mol. The molecule has 2 saturated carbocycles. The summed E-state index contributed by atoms with van der Waals surface area (Å²) < 4.78 is 11.1. The fraction of sp³-hybridized carbons (Fsp3) is 0.875. The minimum Gasteiger partial charge on any atom is -0.465 e. The van der Waals surface area contributed by atoms with Crippen LogP contribution in [0.3, 0.4) is 0 Å². The maximum absolute atomic E-state index is 12.5. The van der Waals surface area contributed by atoms with Crippen LogP contribution in [-0.2, 0) is 19.1 Å². The lowest BCUT2D eigenvalue weighted by molar-refractivity contribution is -0.166. The molecule has 2 aliphatic carbocycles. The molecule has 3 fully saturated rings. The summed E-state index contributed by atoms with van der Waals surface area (Å²) in [7, 11) is 0. The first-order valence-corrected chi connectivity index (χ1v) is 7.79. The molecular formula is C16H24O4. The number of ether oxygens (including phenoxy) is 2. The summed E-state index contributed by atoms with van der Waals surface area (Å²) in [6, 6.07) is 0. The Morgan fingerprint density at radius 2 is 2.20 bits per heavy atom. The Morgan fingerprint density at radius 3 is 2.80 bits per heavy atom. The predicted molar refractivity (Wildman–Crippen MR) is 72.7 cm³/mol. The van der Waals surface area contributed by atoms with E-state index in [0.29, 0.717) is 18.4 Å². The van der Waals surface area contributed by atoms with Crippen LogP contribution < -0.4 is 0 Å². The van der Waals surface area contributed by atoms with E-state index in [2.05, 4.69) is 6.92 Å². The number of carbonyl (C=O) groups is 2. The molecule has 0 radical (unpaired) electrons. The van der Waals surface area contributed by atoms with Crippen molar-refractivity contribution in [2.24, 2.45) is 35.5 Å². The van der Waals surface area contributed by atoms with Gasteiger partial charge in [-0.05, 0) is 31.1 Å². The largest absolute Gasteiger partial charge is 0.465 e. The van der Waals surface area contributed by atoms with Crippen molar-refractivity contribution in [3.05, 3.63) is 0 Å². The molecule has 6 atom stereocenters. The lowest BCUT2D eigenvalue weighted by atomic mass is 9.67. The van der Waals surface area contributed by atoms with Crippen molar-refractivity contribution in [2.75, 3.05) is 6.61 Å². The first kappa shape index (κ1) is 13.9. The monoisotopic (exact) mass is 280 g/mol.